The number of nitrogens with one attached hydrogen (secondary N) is 2. The number of aromatic nitrogens is 2. The molecule has 0 spiro atoms. The molecule has 0 amide bonds. The second-order valence-corrected chi connectivity index (χ2v) is 5.62. The van der Waals surface area contributed by atoms with Gasteiger partial charge in [-0.25, -0.2) is 18.7 Å². The van der Waals surface area contributed by atoms with E-state index < -0.39 is 22.2 Å². The maximum atomic E-state index is 13.9. The van der Waals surface area contributed by atoms with Crippen molar-refractivity contribution in [2.45, 2.75) is 0 Å². The lowest BCUT2D eigenvalue weighted by atomic mass is 10.2. The maximum absolute atomic E-state index is 13.9. The third-order valence-electron chi connectivity index (χ3n) is 3.85. The van der Waals surface area contributed by atoms with Gasteiger partial charge in [0.15, 0.2) is 0 Å². The number of anilines is 4. The molecule has 0 bridgehead atoms. The first-order valence-corrected chi connectivity index (χ1v) is 8.13. The van der Waals surface area contributed by atoms with E-state index >= 15 is 0 Å². The van der Waals surface area contributed by atoms with Crippen molar-refractivity contribution in [3.8, 4) is 11.5 Å². The second kappa shape index (κ2) is 8.33. The van der Waals surface area contributed by atoms with Crippen LogP contribution in [0.3, 0.4) is 0 Å². The van der Waals surface area contributed by atoms with Crippen LogP contribution in [0.25, 0.3) is 0 Å². The maximum Gasteiger partial charge on any atom is 0.353 e. The predicted molar refractivity (Wildman–Crippen MR) is 101 cm³/mol. The Labute approximate surface area is 163 Å². The standard InChI is InChI=1S/C18H15F2N5O4/c1-28-11-4-6-14(15(8-11)29-2)24-18-16(25(26)27)17(21-9-22-18)23-13-5-3-10(19)7-12(13)20/h3-9H,1-2H3,(H2,21,22,23,24). The van der Waals surface area contributed by atoms with Crippen molar-refractivity contribution < 1.29 is 23.2 Å². The topological polar surface area (TPSA) is 111 Å². The molecule has 3 rings (SSSR count). The molecule has 0 aliphatic carbocycles. The molecule has 0 saturated carbocycles. The summed E-state index contributed by atoms with van der Waals surface area (Å²) < 4.78 is 37.4. The van der Waals surface area contributed by atoms with Gasteiger partial charge in [-0.05, 0) is 24.3 Å². The molecule has 0 radical (unpaired) electrons. The Kier molecular flexibility index (Phi) is 5.67. The molecule has 3 aromatic rings. The lowest BCUT2D eigenvalue weighted by Gasteiger charge is -2.13. The summed E-state index contributed by atoms with van der Waals surface area (Å²) in [6.07, 6.45) is 1.06. The summed E-state index contributed by atoms with van der Waals surface area (Å²) in [6, 6.07) is 7.58. The predicted octanol–water partition coefficient (Wildman–Crippen LogP) is 4.17. The highest BCUT2D eigenvalue weighted by Gasteiger charge is 2.25. The smallest absolute Gasteiger partial charge is 0.353 e. The molecule has 1 aromatic heterocycles. The number of nitrogens with zero attached hydrogens (tertiary/aromatic N) is 3. The fourth-order valence-corrected chi connectivity index (χ4v) is 2.48. The van der Waals surface area contributed by atoms with Gasteiger partial charge in [-0.15, -0.1) is 0 Å². The van der Waals surface area contributed by atoms with Crippen molar-refractivity contribution in [1.29, 1.82) is 0 Å². The number of methoxy groups -OCH3 is 2. The molecule has 0 saturated heterocycles. The van der Waals surface area contributed by atoms with Gasteiger partial charge in [0.2, 0.25) is 11.6 Å². The van der Waals surface area contributed by atoms with Gasteiger partial charge in [0, 0.05) is 12.1 Å². The van der Waals surface area contributed by atoms with E-state index in [9.17, 15) is 18.9 Å². The van der Waals surface area contributed by atoms with Crippen molar-refractivity contribution in [3.63, 3.8) is 0 Å². The summed E-state index contributed by atoms with van der Waals surface area (Å²) in [5.41, 5.74) is -0.329. The molecule has 29 heavy (non-hydrogen) atoms. The van der Waals surface area contributed by atoms with Crippen LogP contribution in [0.4, 0.5) is 37.5 Å². The van der Waals surface area contributed by atoms with Crippen LogP contribution in [0.1, 0.15) is 0 Å². The highest BCUT2D eigenvalue weighted by Crippen LogP contribution is 2.37. The number of benzene rings is 2. The van der Waals surface area contributed by atoms with Gasteiger partial charge in [-0.2, -0.15) is 0 Å². The number of halogens is 2. The average molecular weight is 403 g/mol. The highest BCUT2D eigenvalue weighted by atomic mass is 19.1. The van der Waals surface area contributed by atoms with E-state index in [0.717, 1.165) is 18.5 Å². The third kappa shape index (κ3) is 4.29. The molecule has 0 aliphatic rings. The van der Waals surface area contributed by atoms with Crippen LogP contribution in [-0.4, -0.2) is 29.1 Å². The lowest BCUT2D eigenvalue weighted by molar-refractivity contribution is -0.383. The largest absolute Gasteiger partial charge is 0.497 e. The molecule has 0 unspecified atom stereocenters. The van der Waals surface area contributed by atoms with Crippen LogP contribution in [0, 0.1) is 21.7 Å². The Morgan fingerprint density at radius 1 is 0.966 bits per heavy atom. The minimum absolute atomic E-state index is 0.154. The van der Waals surface area contributed by atoms with E-state index in [-0.39, 0.29) is 17.3 Å². The highest BCUT2D eigenvalue weighted by molar-refractivity contribution is 5.78. The van der Waals surface area contributed by atoms with Crippen molar-refractivity contribution >= 4 is 28.7 Å². The minimum Gasteiger partial charge on any atom is -0.497 e. The van der Waals surface area contributed by atoms with E-state index in [1.54, 1.807) is 18.2 Å². The van der Waals surface area contributed by atoms with Gasteiger partial charge in [0.25, 0.3) is 0 Å². The first kappa shape index (κ1) is 19.7. The van der Waals surface area contributed by atoms with Crippen molar-refractivity contribution in [3.05, 3.63) is 64.5 Å². The van der Waals surface area contributed by atoms with Gasteiger partial charge in [-0.1, -0.05) is 0 Å². The Morgan fingerprint density at radius 3 is 2.21 bits per heavy atom. The van der Waals surface area contributed by atoms with Gasteiger partial charge in [-0.3, -0.25) is 10.1 Å². The summed E-state index contributed by atoms with van der Waals surface area (Å²) in [6.45, 7) is 0. The average Bonchev–Trinajstić information content (AvgIpc) is 2.70. The molecule has 2 N–H and O–H groups in total. The summed E-state index contributed by atoms with van der Waals surface area (Å²) in [5.74, 6) is -1.25. The summed E-state index contributed by atoms with van der Waals surface area (Å²) in [7, 11) is 2.92. The van der Waals surface area contributed by atoms with Crippen LogP contribution >= 0.6 is 0 Å². The molecule has 9 nitrogen and oxygen atoms in total. The van der Waals surface area contributed by atoms with Crippen molar-refractivity contribution in [1.82, 2.24) is 9.97 Å². The molecular formula is C18H15F2N5O4. The molecule has 150 valence electrons. The Balaban J connectivity index is 2.00. The minimum atomic E-state index is -0.927. The summed E-state index contributed by atoms with van der Waals surface area (Å²) >= 11 is 0. The molecule has 2 aromatic carbocycles. The van der Waals surface area contributed by atoms with E-state index in [1.807, 2.05) is 0 Å². The van der Waals surface area contributed by atoms with E-state index in [4.69, 9.17) is 9.47 Å². The third-order valence-corrected chi connectivity index (χ3v) is 3.85. The van der Waals surface area contributed by atoms with Gasteiger partial charge < -0.3 is 20.1 Å². The Bertz CT molecular complexity index is 1060. The number of hydrogen-bond acceptors (Lipinski definition) is 8. The van der Waals surface area contributed by atoms with E-state index in [2.05, 4.69) is 20.6 Å². The number of ether oxygens (including phenoxy) is 2. The van der Waals surface area contributed by atoms with Gasteiger partial charge in [0.1, 0.15) is 29.5 Å². The fourth-order valence-electron chi connectivity index (χ4n) is 2.48. The molecule has 0 atom stereocenters. The Hall–Kier alpha value is -4.02. The summed E-state index contributed by atoms with van der Waals surface area (Å²) in [5, 5.41) is 17.0. The van der Waals surface area contributed by atoms with Crippen LogP contribution in [0.2, 0.25) is 0 Å². The summed E-state index contributed by atoms with van der Waals surface area (Å²) in [4.78, 5) is 18.7. The Morgan fingerprint density at radius 2 is 1.62 bits per heavy atom. The normalized spacial score (nSPS) is 10.3. The zero-order valence-electron chi connectivity index (χ0n) is 15.3. The molecule has 1 heterocycles. The van der Waals surface area contributed by atoms with Crippen molar-refractivity contribution in [2.24, 2.45) is 0 Å². The molecule has 11 heteroatoms. The number of nitro groups is 1. The van der Waals surface area contributed by atoms with E-state index in [0.29, 0.717) is 23.3 Å². The van der Waals surface area contributed by atoms with Crippen LogP contribution in [-0.2, 0) is 0 Å². The van der Waals surface area contributed by atoms with Crippen LogP contribution in [0.5, 0.6) is 11.5 Å². The molecular weight excluding hydrogens is 388 g/mol. The number of hydrogen-bond donors (Lipinski definition) is 2. The van der Waals surface area contributed by atoms with Gasteiger partial charge in [0.05, 0.1) is 30.5 Å². The lowest BCUT2D eigenvalue weighted by Crippen LogP contribution is -2.07. The quantitative estimate of drug-likeness (QED) is 0.447. The van der Waals surface area contributed by atoms with Crippen LogP contribution in [0.15, 0.2) is 42.7 Å². The van der Waals surface area contributed by atoms with Crippen molar-refractivity contribution in [2.75, 3.05) is 24.9 Å². The first-order valence-electron chi connectivity index (χ1n) is 8.13. The molecule has 0 fully saturated rings. The monoisotopic (exact) mass is 403 g/mol. The fraction of sp³-hybridized carbons (Fsp3) is 0.111. The SMILES string of the molecule is COc1ccc(Nc2ncnc(Nc3ccc(F)cc3F)c2[N+](=O)[O-])c(OC)c1. The second-order valence-electron chi connectivity index (χ2n) is 5.62. The van der Waals surface area contributed by atoms with Gasteiger partial charge >= 0.3 is 5.69 Å². The zero-order chi connectivity index (χ0) is 21.0. The molecule has 0 aliphatic heterocycles. The first-order chi connectivity index (χ1) is 13.9. The number of rotatable bonds is 7. The zero-order valence-corrected chi connectivity index (χ0v) is 15.3. The van der Waals surface area contributed by atoms with E-state index in [1.165, 1.54) is 14.2 Å². The van der Waals surface area contributed by atoms with Crippen LogP contribution < -0.4 is 20.1 Å².